The smallest absolute Gasteiger partial charge is 0.298 e. The summed E-state index contributed by atoms with van der Waals surface area (Å²) in [6.45, 7) is 5.36. The molecule has 0 fully saturated rings. The Morgan fingerprint density at radius 1 is 1.32 bits per heavy atom. The van der Waals surface area contributed by atoms with E-state index in [1.54, 1.807) is 12.7 Å². The van der Waals surface area contributed by atoms with Gasteiger partial charge in [-0.2, -0.15) is 4.98 Å². The van der Waals surface area contributed by atoms with Crippen LogP contribution in [0.4, 0.5) is 0 Å². The largest absolute Gasteiger partial charge is 0.468 e. The predicted octanol–water partition coefficient (Wildman–Crippen LogP) is 4.18. The van der Waals surface area contributed by atoms with Gasteiger partial charge in [0.2, 0.25) is 0 Å². The molecule has 0 saturated carbocycles. The number of imidazole rings is 1. The Morgan fingerprint density at radius 3 is 3.00 bits per heavy atom. The number of hydrogen-bond acceptors (Lipinski definition) is 3. The van der Waals surface area contributed by atoms with E-state index in [9.17, 15) is 0 Å². The molecule has 0 amide bonds. The molecule has 1 unspecified atom stereocenters. The number of fused-ring (bicyclic) bond motifs is 2. The van der Waals surface area contributed by atoms with Gasteiger partial charge in [-0.15, -0.1) is 0 Å². The first-order valence-electron chi connectivity index (χ1n) is 9.18. The van der Waals surface area contributed by atoms with Gasteiger partial charge in [0.25, 0.3) is 6.01 Å². The van der Waals surface area contributed by atoms with Crippen LogP contribution in [0.3, 0.4) is 0 Å². The molecule has 1 aliphatic carbocycles. The zero-order valence-electron chi connectivity index (χ0n) is 15.2. The molecule has 0 saturated heterocycles. The maximum Gasteiger partial charge on any atom is 0.298 e. The summed E-state index contributed by atoms with van der Waals surface area (Å²) in [6, 6.07) is 9.27. The van der Waals surface area contributed by atoms with Gasteiger partial charge in [0.15, 0.2) is 5.65 Å². The molecule has 1 atom stereocenters. The fraction of sp³-hybridized carbons (Fsp3) is 0.429. The number of ether oxygens (including phenoxy) is 1. The minimum Gasteiger partial charge on any atom is -0.468 e. The van der Waals surface area contributed by atoms with Crippen LogP contribution in [-0.2, 0) is 25.8 Å². The summed E-state index contributed by atoms with van der Waals surface area (Å²) in [6.07, 6.45) is 6.62. The van der Waals surface area contributed by atoms with E-state index in [4.69, 9.17) is 4.74 Å². The van der Waals surface area contributed by atoms with Crippen LogP contribution in [-0.4, -0.2) is 21.6 Å². The van der Waals surface area contributed by atoms with Gasteiger partial charge in [0, 0.05) is 6.20 Å². The average Bonchev–Trinajstić information content (AvgIpc) is 2.98. The molecule has 4 heteroatoms. The summed E-state index contributed by atoms with van der Waals surface area (Å²) in [5, 5.41) is 0. The number of benzene rings is 1. The molecule has 25 heavy (non-hydrogen) atoms. The number of nitrogens with zero attached hydrogens (tertiary/aromatic N) is 3. The van der Waals surface area contributed by atoms with Crippen molar-refractivity contribution in [3.63, 3.8) is 0 Å². The second-order valence-corrected chi connectivity index (χ2v) is 7.12. The average molecular weight is 335 g/mol. The SMILES string of the molecule is CCc1cc(Cn2c(OC)nc3cccnc32)cc2c1CCC(C)C2. The number of pyridine rings is 1. The number of aromatic nitrogens is 3. The summed E-state index contributed by atoms with van der Waals surface area (Å²) in [7, 11) is 1.67. The third-order valence-corrected chi connectivity index (χ3v) is 5.32. The summed E-state index contributed by atoms with van der Waals surface area (Å²) in [5.74, 6) is 0.776. The molecule has 0 bridgehead atoms. The monoisotopic (exact) mass is 335 g/mol. The standard InChI is InChI=1S/C21H25N3O/c1-4-16-11-15(12-17-10-14(2)7-8-18(16)17)13-24-20-19(6-5-9-22-20)23-21(24)25-3/h5-6,9,11-12,14H,4,7-8,10,13H2,1-3H3. The molecule has 0 spiro atoms. The van der Waals surface area contributed by atoms with E-state index < -0.39 is 0 Å². The van der Waals surface area contributed by atoms with Gasteiger partial charge in [-0.05, 0) is 66.0 Å². The molecular weight excluding hydrogens is 310 g/mol. The van der Waals surface area contributed by atoms with Gasteiger partial charge in [-0.25, -0.2) is 4.98 Å². The van der Waals surface area contributed by atoms with Crippen LogP contribution < -0.4 is 4.74 Å². The van der Waals surface area contributed by atoms with E-state index in [-0.39, 0.29) is 0 Å². The van der Waals surface area contributed by atoms with Crippen LogP contribution in [0.25, 0.3) is 11.2 Å². The van der Waals surface area contributed by atoms with Crippen molar-refractivity contribution in [1.29, 1.82) is 0 Å². The zero-order chi connectivity index (χ0) is 17.4. The first-order chi connectivity index (χ1) is 12.2. The Morgan fingerprint density at radius 2 is 2.20 bits per heavy atom. The minimum atomic E-state index is 0.623. The highest BCUT2D eigenvalue weighted by Crippen LogP contribution is 2.30. The van der Waals surface area contributed by atoms with Crippen molar-refractivity contribution < 1.29 is 4.74 Å². The molecule has 0 aliphatic heterocycles. The van der Waals surface area contributed by atoms with E-state index in [2.05, 4.69) is 40.5 Å². The Hall–Kier alpha value is -2.36. The Kier molecular flexibility index (Phi) is 4.20. The van der Waals surface area contributed by atoms with Crippen molar-refractivity contribution in [1.82, 2.24) is 14.5 Å². The molecule has 4 rings (SSSR count). The van der Waals surface area contributed by atoms with E-state index in [1.807, 2.05) is 18.3 Å². The Balaban J connectivity index is 1.78. The lowest BCUT2D eigenvalue weighted by Crippen LogP contribution is -2.15. The number of aryl methyl sites for hydroxylation is 1. The zero-order valence-corrected chi connectivity index (χ0v) is 15.2. The second kappa shape index (κ2) is 6.51. The molecule has 1 aliphatic rings. The Labute approximate surface area is 148 Å². The molecule has 0 N–H and O–H groups in total. The van der Waals surface area contributed by atoms with Gasteiger partial charge < -0.3 is 4.74 Å². The van der Waals surface area contributed by atoms with Crippen molar-refractivity contribution >= 4 is 11.2 Å². The maximum atomic E-state index is 5.50. The number of hydrogen-bond donors (Lipinski definition) is 0. The van der Waals surface area contributed by atoms with E-state index >= 15 is 0 Å². The topological polar surface area (TPSA) is 39.9 Å². The van der Waals surface area contributed by atoms with Crippen LogP contribution >= 0.6 is 0 Å². The van der Waals surface area contributed by atoms with Gasteiger partial charge in [0.05, 0.1) is 13.7 Å². The minimum absolute atomic E-state index is 0.623. The van der Waals surface area contributed by atoms with Crippen LogP contribution in [0, 0.1) is 5.92 Å². The van der Waals surface area contributed by atoms with Crippen LogP contribution in [0.2, 0.25) is 0 Å². The van der Waals surface area contributed by atoms with E-state index in [0.717, 1.165) is 30.0 Å². The van der Waals surface area contributed by atoms with Gasteiger partial charge in [-0.3, -0.25) is 4.57 Å². The number of rotatable bonds is 4. The summed E-state index contributed by atoms with van der Waals surface area (Å²) < 4.78 is 7.57. The second-order valence-electron chi connectivity index (χ2n) is 7.12. The fourth-order valence-corrected chi connectivity index (χ4v) is 4.07. The Bertz CT molecular complexity index is 913. The summed E-state index contributed by atoms with van der Waals surface area (Å²) in [4.78, 5) is 9.06. The molecule has 1 aromatic carbocycles. The molecule has 0 radical (unpaired) electrons. The maximum absolute atomic E-state index is 5.50. The highest BCUT2D eigenvalue weighted by molar-refractivity contribution is 5.72. The van der Waals surface area contributed by atoms with Gasteiger partial charge in [0.1, 0.15) is 5.52 Å². The van der Waals surface area contributed by atoms with E-state index in [1.165, 1.54) is 36.0 Å². The van der Waals surface area contributed by atoms with Gasteiger partial charge in [-0.1, -0.05) is 26.0 Å². The molecular formula is C21H25N3O. The van der Waals surface area contributed by atoms with Crippen molar-refractivity contribution in [2.24, 2.45) is 5.92 Å². The normalized spacial score (nSPS) is 16.8. The lowest BCUT2D eigenvalue weighted by Gasteiger charge is -2.25. The third kappa shape index (κ3) is 2.90. The fourth-order valence-electron chi connectivity index (χ4n) is 4.07. The first kappa shape index (κ1) is 16.1. The molecule has 130 valence electrons. The van der Waals surface area contributed by atoms with Crippen molar-refractivity contribution in [3.8, 4) is 6.01 Å². The molecule has 2 aromatic heterocycles. The van der Waals surface area contributed by atoms with Crippen molar-refractivity contribution in [2.45, 2.75) is 46.1 Å². The predicted molar refractivity (Wildman–Crippen MR) is 100 cm³/mol. The molecule has 4 nitrogen and oxygen atoms in total. The quantitative estimate of drug-likeness (QED) is 0.718. The van der Waals surface area contributed by atoms with Crippen LogP contribution in [0.15, 0.2) is 30.5 Å². The lowest BCUT2D eigenvalue weighted by molar-refractivity contribution is 0.363. The van der Waals surface area contributed by atoms with Gasteiger partial charge >= 0.3 is 0 Å². The highest BCUT2D eigenvalue weighted by atomic mass is 16.5. The highest BCUT2D eigenvalue weighted by Gasteiger charge is 2.19. The van der Waals surface area contributed by atoms with E-state index in [0.29, 0.717) is 6.01 Å². The molecule has 3 aromatic rings. The van der Waals surface area contributed by atoms with Crippen molar-refractivity contribution in [3.05, 3.63) is 52.7 Å². The lowest BCUT2D eigenvalue weighted by atomic mass is 9.81. The van der Waals surface area contributed by atoms with Crippen LogP contribution in [0.5, 0.6) is 6.01 Å². The summed E-state index contributed by atoms with van der Waals surface area (Å²) >= 11 is 0. The first-order valence-corrected chi connectivity index (χ1v) is 9.18. The molecule has 2 heterocycles. The summed E-state index contributed by atoms with van der Waals surface area (Å²) in [5.41, 5.74) is 7.68. The number of methoxy groups -OCH3 is 1. The third-order valence-electron chi connectivity index (χ3n) is 5.32. The van der Waals surface area contributed by atoms with Crippen LogP contribution in [0.1, 0.15) is 42.5 Å². The van der Waals surface area contributed by atoms with Crippen molar-refractivity contribution in [2.75, 3.05) is 7.11 Å².